The van der Waals surface area contributed by atoms with Gasteiger partial charge in [-0.3, -0.25) is 4.90 Å². The van der Waals surface area contributed by atoms with Gasteiger partial charge in [0.15, 0.2) is 0 Å². The summed E-state index contributed by atoms with van der Waals surface area (Å²) in [5, 5.41) is 0. The van der Waals surface area contributed by atoms with Crippen molar-refractivity contribution in [2.75, 3.05) is 19.8 Å². The molecule has 0 aliphatic heterocycles. The average Bonchev–Trinajstić information content (AvgIpc) is 2.48. The Hall–Kier alpha value is -1.36. The highest BCUT2D eigenvalue weighted by Gasteiger charge is 2.15. The molecule has 2 nitrogen and oxygen atoms in total. The first-order valence-electron chi connectivity index (χ1n) is 6.92. The van der Waals surface area contributed by atoms with Crippen molar-refractivity contribution in [3.63, 3.8) is 0 Å². The Morgan fingerprint density at radius 2 is 1.90 bits per heavy atom. The monoisotopic (exact) mass is 304 g/mol. The molecule has 0 aliphatic rings. The molecule has 0 aromatic heterocycles. The Bertz CT molecular complexity index is 571. The largest absolute Gasteiger partial charge is 0.329 e. The second-order valence-electron chi connectivity index (χ2n) is 5.07. The molecule has 0 fully saturated rings. The molecule has 0 radical (unpaired) electrons. The number of nitrogens with zero attached hydrogens (tertiary/aromatic N) is 1. The van der Waals surface area contributed by atoms with Crippen molar-refractivity contribution in [1.29, 1.82) is 0 Å². The first-order valence-corrected chi connectivity index (χ1v) is 8.15. The van der Waals surface area contributed by atoms with Gasteiger partial charge < -0.3 is 5.73 Å². The molecule has 1 unspecified atom stereocenters. The molecule has 112 valence electrons. The summed E-state index contributed by atoms with van der Waals surface area (Å²) in [6.07, 6.45) is 2.06. The maximum absolute atomic E-state index is 13.3. The standard InChI is InChI=1S/C17H21FN2S/c1-20(12-13-4-3-5-15(18)10-13)17(11-19)14-6-8-16(21-2)9-7-14/h3-10,17H,11-12,19H2,1-2H3. The average molecular weight is 304 g/mol. The van der Waals surface area contributed by atoms with E-state index in [4.69, 9.17) is 5.73 Å². The lowest BCUT2D eigenvalue weighted by molar-refractivity contribution is 0.241. The van der Waals surface area contributed by atoms with E-state index >= 15 is 0 Å². The molecule has 4 heteroatoms. The number of nitrogens with two attached hydrogens (primary N) is 1. The third kappa shape index (κ3) is 4.30. The first-order chi connectivity index (χ1) is 10.1. The van der Waals surface area contributed by atoms with Crippen molar-refractivity contribution >= 4 is 11.8 Å². The van der Waals surface area contributed by atoms with Gasteiger partial charge in [0.1, 0.15) is 5.82 Å². The molecule has 0 heterocycles. The molecule has 0 saturated carbocycles. The number of hydrogen-bond acceptors (Lipinski definition) is 3. The minimum atomic E-state index is -0.200. The van der Waals surface area contributed by atoms with Crippen molar-refractivity contribution < 1.29 is 4.39 Å². The number of halogens is 1. The summed E-state index contributed by atoms with van der Waals surface area (Å²) < 4.78 is 13.3. The van der Waals surface area contributed by atoms with Gasteiger partial charge in [-0.25, -0.2) is 4.39 Å². The molecule has 2 aromatic carbocycles. The predicted molar refractivity (Wildman–Crippen MR) is 87.9 cm³/mol. The van der Waals surface area contributed by atoms with Crippen LogP contribution in [0.25, 0.3) is 0 Å². The van der Waals surface area contributed by atoms with Crippen LogP contribution in [0.4, 0.5) is 4.39 Å². The van der Waals surface area contributed by atoms with E-state index in [0.29, 0.717) is 13.1 Å². The van der Waals surface area contributed by atoms with Crippen LogP contribution in [0.1, 0.15) is 17.2 Å². The van der Waals surface area contributed by atoms with Crippen LogP contribution in [-0.2, 0) is 6.54 Å². The second-order valence-corrected chi connectivity index (χ2v) is 5.95. The molecule has 2 N–H and O–H groups in total. The summed E-state index contributed by atoms with van der Waals surface area (Å²) >= 11 is 1.72. The quantitative estimate of drug-likeness (QED) is 0.826. The molecule has 21 heavy (non-hydrogen) atoms. The molecule has 2 rings (SSSR count). The Kier molecular flexibility index (Phi) is 5.79. The zero-order valence-corrected chi connectivity index (χ0v) is 13.2. The van der Waals surface area contributed by atoms with E-state index < -0.39 is 0 Å². The van der Waals surface area contributed by atoms with Crippen LogP contribution in [0.3, 0.4) is 0 Å². The van der Waals surface area contributed by atoms with Crippen LogP contribution in [0, 0.1) is 5.82 Å². The molecule has 1 atom stereocenters. The topological polar surface area (TPSA) is 29.3 Å². The third-order valence-electron chi connectivity index (χ3n) is 3.58. The normalized spacial score (nSPS) is 12.6. The van der Waals surface area contributed by atoms with E-state index in [1.807, 2.05) is 13.1 Å². The maximum Gasteiger partial charge on any atom is 0.123 e. The van der Waals surface area contributed by atoms with Crippen LogP contribution in [0.5, 0.6) is 0 Å². The zero-order chi connectivity index (χ0) is 15.2. The van der Waals surface area contributed by atoms with E-state index in [1.54, 1.807) is 23.9 Å². The van der Waals surface area contributed by atoms with Crippen LogP contribution in [0.15, 0.2) is 53.4 Å². The smallest absolute Gasteiger partial charge is 0.123 e. The van der Waals surface area contributed by atoms with Crippen LogP contribution >= 0.6 is 11.8 Å². The number of likely N-dealkylation sites (N-methyl/N-ethyl adjacent to an activating group) is 1. The van der Waals surface area contributed by atoms with Crippen molar-refractivity contribution in [3.05, 3.63) is 65.5 Å². The number of thioether (sulfide) groups is 1. The SMILES string of the molecule is CSc1ccc(C(CN)N(C)Cc2cccc(F)c2)cc1. The summed E-state index contributed by atoms with van der Waals surface area (Å²) in [5.41, 5.74) is 8.08. The fraction of sp³-hybridized carbons (Fsp3) is 0.294. The Balaban J connectivity index is 2.12. The van der Waals surface area contributed by atoms with E-state index in [9.17, 15) is 4.39 Å². The summed E-state index contributed by atoms with van der Waals surface area (Å²) in [7, 11) is 2.02. The van der Waals surface area contributed by atoms with Crippen molar-refractivity contribution in [1.82, 2.24) is 4.90 Å². The minimum absolute atomic E-state index is 0.129. The molecule has 0 bridgehead atoms. The van der Waals surface area contributed by atoms with Crippen molar-refractivity contribution in [2.24, 2.45) is 5.73 Å². The number of hydrogen-bond donors (Lipinski definition) is 1. The third-order valence-corrected chi connectivity index (χ3v) is 4.32. The molecule has 0 aliphatic carbocycles. The second kappa shape index (κ2) is 7.59. The van der Waals surface area contributed by atoms with Gasteiger partial charge in [-0.2, -0.15) is 0 Å². The van der Waals surface area contributed by atoms with E-state index in [-0.39, 0.29) is 11.9 Å². The van der Waals surface area contributed by atoms with Gasteiger partial charge >= 0.3 is 0 Å². The van der Waals surface area contributed by atoms with Crippen LogP contribution in [-0.4, -0.2) is 24.7 Å². The Morgan fingerprint density at radius 3 is 2.48 bits per heavy atom. The van der Waals surface area contributed by atoms with Gasteiger partial charge in [-0.15, -0.1) is 11.8 Å². The van der Waals surface area contributed by atoms with E-state index in [1.165, 1.54) is 16.5 Å². The lowest BCUT2D eigenvalue weighted by atomic mass is 10.0. The first kappa shape index (κ1) is 16.0. The summed E-state index contributed by atoms with van der Waals surface area (Å²) in [4.78, 5) is 3.39. The highest BCUT2D eigenvalue weighted by Crippen LogP contribution is 2.23. The van der Waals surface area contributed by atoms with Gasteiger partial charge in [0, 0.05) is 24.0 Å². The fourth-order valence-electron chi connectivity index (χ4n) is 2.43. The van der Waals surface area contributed by atoms with Crippen molar-refractivity contribution in [2.45, 2.75) is 17.5 Å². The number of rotatable bonds is 6. The van der Waals surface area contributed by atoms with Gasteiger partial charge in [0.2, 0.25) is 0 Å². The highest BCUT2D eigenvalue weighted by molar-refractivity contribution is 7.98. The van der Waals surface area contributed by atoms with Crippen LogP contribution in [0.2, 0.25) is 0 Å². The van der Waals surface area contributed by atoms with E-state index in [2.05, 4.69) is 35.4 Å². The lowest BCUT2D eigenvalue weighted by Gasteiger charge is -2.27. The molecule has 2 aromatic rings. The summed E-state index contributed by atoms with van der Waals surface area (Å²) in [5.74, 6) is -0.200. The molecule has 0 saturated heterocycles. The number of benzene rings is 2. The lowest BCUT2D eigenvalue weighted by Crippen LogP contribution is -2.30. The maximum atomic E-state index is 13.3. The Morgan fingerprint density at radius 1 is 1.19 bits per heavy atom. The molecular formula is C17H21FN2S. The fourth-order valence-corrected chi connectivity index (χ4v) is 2.84. The summed E-state index contributed by atoms with van der Waals surface area (Å²) in [6.45, 7) is 1.20. The van der Waals surface area contributed by atoms with Crippen molar-refractivity contribution in [3.8, 4) is 0 Å². The predicted octanol–water partition coefficient (Wildman–Crippen LogP) is 3.68. The van der Waals surface area contributed by atoms with Crippen LogP contribution < -0.4 is 5.73 Å². The Labute approximate surface area is 130 Å². The highest BCUT2D eigenvalue weighted by atomic mass is 32.2. The van der Waals surface area contributed by atoms with E-state index in [0.717, 1.165) is 5.56 Å². The van der Waals surface area contributed by atoms with Gasteiger partial charge in [-0.1, -0.05) is 24.3 Å². The minimum Gasteiger partial charge on any atom is -0.329 e. The molecule has 0 amide bonds. The van der Waals surface area contributed by atoms with Gasteiger partial charge in [0.05, 0.1) is 0 Å². The zero-order valence-electron chi connectivity index (χ0n) is 12.4. The molecular weight excluding hydrogens is 283 g/mol. The summed E-state index contributed by atoms with van der Waals surface area (Å²) in [6, 6.07) is 15.3. The molecule has 0 spiro atoms. The van der Waals surface area contributed by atoms with Gasteiger partial charge in [0.25, 0.3) is 0 Å². The van der Waals surface area contributed by atoms with Gasteiger partial charge in [-0.05, 0) is 48.7 Å².